The van der Waals surface area contributed by atoms with E-state index in [1.54, 1.807) is 18.2 Å². The van der Waals surface area contributed by atoms with Crippen molar-refractivity contribution in [2.24, 2.45) is 0 Å². The van der Waals surface area contributed by atoms with E-state index in [0.29, 0.717) is 16.5 Å². The lowest BCUT2D eigenvalue weighted by Crippen LogP contribution is -2.21. The molecule has 0 aliphatic carbocycles. The van der Waals surface area contributed by atoms with Gasteiger partial charge < -0.3 is 19.2 Å². The highest BCUT2D eigenvalue weighted by Crippen LogP contribution is 2.33. The second-order valence-electron chi connectivity index (χ2n) is 5.74. The number of furan rings is 1. The molecule has 1 N–H and O–H groups in total. The molecule has 3 rings (SSSR count). The van der Waals surface area contributed by atoms with Gasteiger partial charge in [0.25, 0.3) is 5.91 Å². The number of carbonyl (C=O) groups is 2. The van der Waals surface area contributed by atoms with Crippen molar-refractivity contribution in [2.75, 3.05) is 11.9 Å². The fourth-order valence-corrected chi connectivity index (χ4v) is 3.19. The molecule has 1 aromatic heterocycles. The van der Waals surface area contributed by atoms with Crippen molar-refractivity contribution in [2.45, 2.75) is 6.61 Å². The zero-order valence-corrected chi connectivity index (χ0v) is 17.1. The average molecular weight is 455 g/mol. The van der Waals surface area contributed by atoms with Gasteiger partial charge in [-0.3, -0.25) is 4.79 Å². The van der Waals surface area contributed by atoms with Crippen LogP contribution in [0.4, 0.5) is 5.69 Å². The molecular formula is C20H14Cl3NO5. The Kier molecular flexibility index (Phi) is 7.04. The molecule has 0 radical (unpaired) electrons. The number of hydrogen-bond acceptors (Lipinski definition) is 5. The van der Waals surface area contributed by atoms with E-state index in [0.717, 1.165) is 0 Å². The van der Waals surface area contributed by atoms with Crippen LogP contribution in [-0.4, -0.2) is 18.5 Å². The van der Waals surface area contributed by atoms with Crippen LogP contribution in [0.5, 0.6) is 5.75 Å². The molecule has 0 aliphatic heterocycles. The average Bonchev–Trinajstić information content (AvgIpc) is 3.17. The molecule has 1 amide bonds. The van der Waals surface area contributed by atoms with Crippen LogP contribution in [0.1, 0.15) is 16.3 Å². The summed E-state index contributed by atoms with van der Waals surface area (Å²) in [4.78, 5) is 24.1. The normalized spacial score (nSPS) is 10.4. The Balaban J connectivity index is 1.50. The molecule has 9 heteroatoms. The van der Waals surface area contributed by atoms with E-state index in [1.807, 2.05) is 18.2 Å². The fourth-order valence-electron chi connectivity index (χ4n) is 2.28. The van der Waals surface area contributed by atoms with E-state index in [9.17, 15) is 9.59 Å². The van der Waals surface area contributed by atoms with Crippen molar-refractivity contribution in [3.63, 3.8) is 0 Å². The molecule has 29 heavy (non-hydrogen) atoms. The first-order chi connectivity index (χ1) is 13.9. The third-order valence-corrected chi connectivity index (χ3v) is 4.41. The first-order valence-electron chi connectivity index (χ1n) is 8.30. The highest BCUT2D eigenvalue weighted by atomic mass is 35.5. The zero-order valence-electron chi connectivity index (χ0n) is 14.8. The summed E-state index contributed by atoms with van der Waals surface area (Å²) < 4.78 is 15.9. The molecule has 0 atom stereocenters. The second-order valence-corrected chi connectivity index (χ2v) is 6.99. The molecule has 2 aromatic carbocycles. The first kappa shape index (κ1) is 21.0. The monoisotopic (exact) mass is 453 g/mol. The summed E-state index contributed by atoms with van der Waals surface area (Å²) in [5, 5.41) is 3.12. The second kappa shape index (κ2) is 9.69. The van der Waals surface area contributed by atoms with Crippen molar-refractivity contribution >= 4 is 52.4 Å². The maximum Gasteiger partial charge on any atom is 0.374 e. The number of rotatable bonds is 7. The summed E-state index contributed by atoms with van der Waals surface area (Å²) in [5.74, 6) is -0.357. The number of anilines is 1. The van der Waals surface area contributed by atoms with Crippen LogP contribution in [0, 0.1) is 0 Å². The Morgan fingerprint density at radius 3 is 2.34 bits per heavy atom. The number of esters is 1. The number of para-hydroxylation sites is 1. The van der Waals surface area contributed by atoms with Gasteiger partial charge >= 0.3 is 5.97 Å². The van der Waals surface area contributed by atoms with E-state index in [2.05, 4.69) is 5.32 Å². The van der Waals surface area contributed by atoms with Gasteiger partial charge in [-0.15, -0.1) is 0 Å². The van der Waals surface area contributed by atoms with E-state index < -0.39 is 18.5 Å². The number of halogens is 3. The molecule has 0 fully saturated rings. The Morgan fingerprint density at radius 1 is 0.966 bits per heavy atom. The molecule has 1 heterocycles. The van der Waals surface area contributed by atoms with Gasteiger partial charge in [-0.1, -0.05) is 53.0 Å². The molecule has 150 valence electrons. The highest BCUT2D eigenvalue weighted by molar-refractivity contribution is 6.42. The number of nitrogens with one attached hydrogen (secondary N) is 1. The molecular weight excluding hydrogens is 441 g/mol. The van der Waals surface area contributed by atoms with E-state index in [1.165, 1.54) is 18.2 Å². The van der Waals surface area contributed by atoms with Crippen LogP contribution in [0.25, 0.3) is 0 Å². The predicted molar refractivity (Wildman–Crippen MR) is 110 cm³/mol. The van der Waals surface area contributed by atoms with Crippen molar-refractivity contribution < 1.29 is 23.5 Å². The molecule has 0 unspecified atom stereocenters. The fraction of sp³-hybridized carbons (Fsp3) is 0.100. The standard InChI is InChI=1S/C20H14Cl3NO5/c21-12-8-15(22)19(16(23)9-12)24-18(25)11-28-20(26)17-7-6-14(29-17)10-27-13-4-2-1-3-5-13/h1-9H,10-11H2,(H,24,25). The minimum Gasteiger partial charge on any atom is -0.486 e. The van der Waals surface area contributed by atoms with E-state index in [4.69, 9.17) is 48.7 Å². The summed E-state index contributed by atoms with van der Waals surface area (Å²) in [6.07, 6.45) is 0. The lowest BCUT2D eigenvalue weighted by Gasteiger charge is -2.10. The van der Waals surface area contributed by atoms with Crippen molar-refractivity contribution in [1.29, 1.82) is 0 Å². The molecule has 0 bridgehead atoms. The van der Waals surface area contributed by atoms with Gasteiger partial charge in [-0.2, -0.15) is 0 Å². The number of benzene rings is 2. The summed E-state index contributed by atoms with van der Waals surface area (Å²) >= 11 is 17.8. The number of carbonyl (C=O) groups excluding carboxylic acids is 2. The zero-order chi connectivity index (χ0) is 20.8. The summed E-state index contributed by atoms with van der Waals surface area (Å²) in [7, 11) is 0. The van der Waals surface area contributed by atoms with E-state index >= 15 is 0 Å². The Bertz CT molecular complexity index is 997. The molecule has 0 saturated heterocycles. The lowest BCUT2D eigenvalue weighted by atomic mass is 10.3. The van der Waals surface area contributed by atoms with Gasteiger partial charge in [0.2, 0.25) is 5.76 Å². The number of ether oxygens (including phenoxy) is 2. The molecule has 3 aromatic rings. The summed E-state index contributed by atoms with van der Waals surface area (Å²) in [6, 6.07) is 15.1. The first-order valence-corrected chi connectivity index (χ1v) is 9.44. The minimum absolute atomic E-state index is 0.0491. The maximum atomic E-state index is 12.1. The van der Waals surface area contributed by atoms with Crippen LogP contribution in [0.3, 0.4) is 0 Å². The third-order valence-electron chi connectivity index (χ3n) is 3.59. The molecule has 0 spiro atoms. The largest absolute Gasteiger partial charge is 0.486 e. The van der Waals surface area contributed by atoms with Crippen molar-refractivity contribution in [1.82, 2.24) is 0 Å². The Labute approximate surface area is 181 Å². The van der Waals surface area contributed by atoms with Gasteiger partial charge in [0.15, 0.2) is 6.61 Å². The third kappa shape index (κ3) is 5.90. The smallest absolute Gasteiger partial charge is 0.374 e. The van der Waals surface area contributed by atoms with Crippen LogP contribution in [0.2, 0.25) is 15.1 Å². The van der Waals surface area contributed by atoms with Crippen LogP contribution >= 0.6 is 34.8 Å². The molecule has 6 nitrogen and oxygen atoms in total. The topological polar surface area (TPSA) is 77.8 Å². The minimum atomic E-state index is -0.792. The Hall–Kier alpha value is -2.67. The number of hydrogen-bond donors (Lipinski definition) is 1. The van der Waals surface area contributed by atoms with Gasteiger partial charge in [0, 0.05) is 5.02 Å². The van der Waals surface area contributed by atoms with Crippen molar-refractivity contribution in [3.8, 4) is 5.75 Å². The molecule has 0 aliphatic rings. The maximum absolute atomic E-state index is 12.1. The van der Waals surface area contributed by atoms with Crippen molar-refractivity contribution in [3.05, 3.63) is 81.2 Å². The molecule has 0 saturated carbocycles. The van der Waals surface area contributed by atoms with Crippen LogP contribution in [-0.2, 0) is 16.1 Å². The summed E-state index contributed by atoms with van der Waals surface area (Å²) in [6.45, 7) is -0.407. The Morgan fingerprint density at radius 2 is 1.66 bits per heavy atom. The highest BCUT2D eigenvalue weighted by Gasteiger charge is 2.17. The van der Waals surface area contributed by atoms with Crippen LogP contribution in [0.15, 0.2) is 59.0 Å². The van der Waals surface area contributed by atoms with E-state index in [-0.39, 0.29) is 28.1 Å². The number of amides is 1. The SMILES string of the molecule is O=C(COC(=O)c1ccc(COc2ccccc2)o1)Nc1c(Cl)cc(Cl)cc1Cl. The van der Waals surface area contributed by atoms with Gasteiger partial charge in [0.05, 0.1) is 15.7 Å². The van der Waals surface area contributed by atoms with Gasteiger partial charge in [0.1, 0.15) is 18.1 Å². The summed E-state index contributed by atoms with van der Waals surface area (Å²) in [5.41, 5.74) is 0.178. The van der Waals surface area contributed by atoms with Gasteiger partial charge in [-0.05, 0) is 36.4 Å². The van der Waals surface area contributed by atoms with Gasteiger partial charge in [-0.25, -0.2) is 4.79 Å². The lowest BCUT2D eigenvalue weighted by molar-refractivity contribution is -0.119. The van der Waals surface area contributed by atoms with Crippen LogP contribution < -0.4 is 10.1 Å². The predicted octanol–water partition coefficient (Wildman–Crippen LogP) is 5.61. The quantitative estimate of drug-likeness (QED) is 0.469.